The van der Waals surface area contributed by atoms with Gasteiger partial charge in [0.25, 0.3) is 0 Å². The molecule has 0 N–H and O–H groups in total. The zero-order valence-electron chi connectivity index (χ0n) is 15.6. The molecule has 0 atom stereocenters. The van der Waals surface area contributed by atoms with Gasteiger partial charge in [-0.25, -0.2) is 13.8 Å². The van der Waals surface area contributed by atoms with Crippen LogP contribution in [-0.2, 0) is 13.0 Å². The van der Waals surface area contributed by atoms with Gasteiger partial charge < -0.3 is 14.0 Å². The third-order valence-electron chi connectivity index (χ3n) is 5.12. The maximum absolute atomic E-state index is 14.0. The molecule has 1 saturated heterocycles. The minimum absolute atomic E-state index is 0.0624. The maximum atomic E-state index is 14.0. The summed E-state index contributed by atoms with van der Waals surface area (Å²) >= 11 is 0. The van der Waals surface area contributed by atoms with Crippen LogP contribution in [0.25, 0.3) is 5.65 Å². The number of aromatic nitrogens is 2. The summed E-state index contributed by atoms with van der Waals surface area (Å²) in [6, 6.07) is 3.85. The van der Waals surface area contributed by atoms with E-state index >= 15 is 0 Å². The van der Waals surface area contributed by atoms with E-state index in [-0.39, 0.29) is 12.2 Å². The fourth-order valence-electron chi connectivity index (χ4n) is 3.78. The molecule has 0 unspecified atom stereocenters. The molecule has 0 bridgehead atoms. The number of imidazole rings is 1. The summed E-state index contributed by atoms with van der Waals surface area (Å²) in [5.74, 6) is -0.587. The van der Waals surface area contributed by atoms with E-state index in [0.717, 1.165) is 36.5 Å². The van der Waals surface area contributed by atoms with Crippen LogP contribution in [0, 0.1) is 18.6 Å². The van der Waals surface area contributed by atoms with Gasteiger partial charge in [0.2, 0.25) is 0 Å². The highest BCUT2D eigenvalue weighted by Gasteiger charge is 2.22. The Balaban J connectivity index is 1.79. The van der Waals surface area contributed by atoms with E-state index < -0.39 is 11.6 Å². The number of hydrogen-bond acceptors (Lipinski definition) is 3. The number of hydrogen-bond donors (Lipinski definition) is 0. The van der Waals surface area contributed by atoms with Crippen LogP contribution in [0.1, 0.15) is 36.6 Å². The highest BCUT2D eigenvalue weighted by atomic mass is 19.1. The quantitative estimate of drug-likeness (QED) is 0.653. The minimum Gasteiger partial charge on any atom is -0.484 e. The Bertz CT molecular complexity index is 957. The smallest absolute Gasteiger partial charge is 0.180 e. The Morgan fingerprint density at radius 2 is 1.78 bits per heavy atom. The lowest BCUT2D eigenvalue weighted by Crippen LogP contribution is -2.20. The largest absolute Gasteiger partial charge is 0.484 e. The summed E-state index contributed by atoms with van der Waals surface area (Å²) < 4.78 is 36.0. The molecule has 0 saturated carbocycles. The van der Waals surface area contributed by atoms with Crippen molar-refractivity contribution in [2.24, 2.45) is 0 Å². The number of nitrogens with zero attached hydrogens (tertiary/aromatic N) is 3. The summed E-state index contributed by atoms with van der Waals surface area (Å²) in [4.78, 5) is 6.93. The molecule has 142 valence electrons. The van der Waals surface area contributed by atoms with Gasteiger partial charge in [-0.3, -0.25) is 0 Å². The lowest BCUT2D eigenvalue weighted by molar-refractivity contribution is 0.291. The molecule has 2 aromatic heterocycles. The van der Waals surface area contributed by atoms with Crippen molar-refractivity contribution in [1.82, 2.24) is 9.38 Å². The maximum Gasteiger partial charge on any atom is 0.180 e. The molecule has 0 radical (unpaired) electrons. The van der Waals surface area contributed by atoms with Crippen LogP contribution in [0.2, 0.25) is 0 Å². The molecule has 3 heterocycles. The third kappa shape index (κ3) is 3.24. The monoisotopic (exact) mass is 371 g/mol. The van der Waals surface area contributed by atoms with Gasteiger partial charge in [0.05, 0.1) is 16.9 Å². The van der Waals surface area contributed by atoms with Crippen molar-refractivity contribution in [3.63, 3.8) is 0 Å². The van der Waals surface area contributed by atoms with E-state index in [1.54, 1.807) is 0 Å². The zero-order valence-corrected chi connectivity index (χ0v) is 15.6. The molecule has 4 rings (SSSR count). The molecule has 1 aliphatic rings. The van der Waals surface area contributed by atoms with Gasteiger partial charge >= 0.3 is 0 Å². The molecule has 1 fully saturated rings. The molecule has 27 heavy (non-hydrogen) atoms. The molecule has 1 aromatic carbocycles. The topological polar surface area (TPSA) is 29.8 Å². The second kappa shape index (κ2) is 7.18. The van der Waals surface area contributed by atoms with Crippen LogP contribution in [0.3, 0.4) is 0 Å². The molecular weight excluding hydrogens is 348 g/mol. The van der Waals surface area contributed by atoms with E-state index in [9.17, 15) is 8.78 Å². The molecule has 3 aromatic rings. The standard InChI is InChI=1S/C21H23F2N3O/c1-3-15-19(25-9-4-5-10-25)12-26-11-14(2)24-21(26)20(15)27-13-16-17(22)7-6-8-18(16)23/h6-8,11-12H,3-5,9-10,13H2,1-2H3. The number of fused-ring (bicyclic) bond motifs is 1. The van der Waals surface area contributed by atoms with Crippen molar-refractivity contribution in [1.29, 1.82) is 0 Å². The van der Waals surface area contributed by atoms with Crippen molar-refractivity contribution in [2.75, 3.05) is 18.0 Å². The van der Waals surface area contributed by atoms with Crippen LogP contribution in [0.4, 0.5) is 14.5 Å². The molecule has 0 spiro atoms. The molecule has 0 amide bonds. The lowest BCUT2D eigenvalue weighted by Gasteiger charge is -2.24. The Kier molecular flexibility index (Phi) is 4.72. The number of rotatable bonds is 5. The van der Waals surface area contributed by atoms with Gasteiger partial charge in [0, 0.05) is 31.0 Å². The average molecular weight is 371 g/mol. The van der Waals surface area contributed by atoms with Gasteiger partial charge in [-0.1, -0.05) is 13.0 Å². The van der Waals surface area contributed by atoms with Gasteiger partial charge in [-0.05, 0) is 38.3 Å². The number of anilines is 1. The van der Waals surface area contributed by atoms with Crippen LogP contribution >= 0.6 is 0 Å². The molecular formula is C21H23F2N3O. The van der Waals surface area contributed by atoms with Gasteiger partial charge in [-0.2, -0.15) is 0 Å². The van der Waals surface area contributed by atoms with E-state index in [2.05, 4.69) is 23.0 Å². The van der Waals surface area contributed by atoms with Crippen molar-refractivity contribution in [2.45, 2.75) is 39.7 Å². The Labute approximate surface area is 157 Å². The lowest BCUT2D eigenvalue weighted by atomic mass is 10.1. The number of benzene rings is 1. The minimum atomic E-state index is -0.598. The Morgan fingerprint density at radius 1 is 1.07 bits per heavy atom. The second-order valence-electron chi connectivity index (χ2n) is 6.97. The molecule has 1 aliphatic heterocycles. The fourth-order valence-corrected chi connectivity index (χ4v) is 3.78. The summed E-state index contributed by atoms with van der Waals surface area (Å²) in [5.41, 5.74) is 3.64. The number of halogens is 2. The Morgan fingerprint density at radius 3 is 2.44 bits per heavy atom. The number of aryl methyl sites for hydroxylation is 1. The summed E-state index contributed by atoms with van der Waals surface area (Å²) in [5, 5.41) is 0. The molecule has 4 nitrogen and oxygen atoms in total. The fraction of sp³-hybridized carbons (Fsp3) is 0.381. The SMILES string of the molecule is CCc1c(N2CCCC2)cn2cc(C)nc2c1OCc1c(F)cccc1F. The van der Waals surface area contributed by atoms with Crippen molar-refractivity contribution in [3.05, 3.63) is 59.0 Å². The Hall–Kier alpha value is -2.63. The molecule has 6 heteroatoms. The predicted octanol–water partition coefficient (Wildman–Crippen LogP) is 4.66. The van der Waals surface area contributed by atoms with Gasteiger partial charge in [-0.15, -0.1) is 0 Å². The summed E-state index contributed by atoms with van der Waals surface area (Å²) in [6.07, 6.45) is 7.13. The van der Waals surface area contributed by atoms with Crippen molar-refractivity contribution in [3.8, 4) is 5.75 Å². The number of pyridine rings is 1. The van der Waals surface area contributed by atoms with Crippen LogP contribution in [0.15, 0.2) is 30.6 Å². The highest BCUT2D eigenvalue weighted by molar-refractivity contribution is 5.69. The van der Waals surface area contributed by atoms with Crippen LogP contribution in [0.5, 0.6) is 5.75 Å². The van der Waals surface area contributed by atoms with Crippen molar-refractivity contribution < 1.29 is 13.5 Å². The van der Waals surface area contributed by atoms with Crippen molar-refractivity contribution >= 4 is 11.3 Å². The summed E-state index contributed by atoms with van der Waals surface area (Å²) in [7, 11) is 0. The van der Waals surface area contributed by atoms with Crippen LogP contribution in [-0.4, -0.2) is 22.5 Å². The second-order valence-corrected chi connectivity index (χ2v) is 6.97. The average Bonchev–Trinajstić information content (AvgIpc) is 3.29. The first kappa shape index (κ1) is 17.8. The number of ether oxygens (including phenoxy) is 1. The zero-order chi connectivity index (χ0) is 19.0. The van der Waals surface area contributed by atoms with Gasteiger partial charge in [0.15, 0.2) is 11.4 Å². The highest BCUT2D eigenvalue weighted by Crippen LogP contribution is 2.36. The third-order valence-corrected chi connectivity index (χ3v) is 5.12. The first-order valence-corrected chi connectivity index (χ1v) is 9.40. The van der Waals surface area contributed by atoms with E-state index in [0.29, 0.717) is 11.4 Å². The first-order valence-electron chi connectivity index (χ1n) is 9.40. The normalized spacial score (nSPS) is 14.3. The van der Waals surface area contributed by atoms with E-state index in [1.165, 1.54) is 31.0 Å². The predicted molar refractivity (Wildman–Crippen MR) is 101 cm³/mol. The van der Waals surface area contributed by atoms with Crippen LogP contribution < -0.4 is 9.64 Å². The first-order chi connectivity index (χ1) is 13.1. The van der Waals surface area contributed by atoms with Gasteiger partial charge in [0.1, 0.15) is 18.2 Å². The summed E-state index contributed by atoms with van der Waals surface area (Å²) in [6.45, 7) is 5.84. The van der Waals surface area contributed by atoms with E-state index in [4.69, 9.17) is 4.74 Å². The molecule has 0 aliphatic carbocycles. The van der Waals surface area contributed by atoms with E-state index in [1.807, 2.05) is 17.5 Å².